The summed E-state index contributed by atoms with van der Waals surface area (Å²) >= 11 is 6.25. The van der Waals surface area contributed by atoms with Crippen molar-refractivity contribution < 1.29 is 9.63 Å². The molecule has 0 bridgehead atoms. The summed E-state index contributed by atoms with van der Waals surface area (Å²) in [6.07, 6.45) is 1.48. The van der Waals surface area contributed by atoms with E-state index < -0.39 is 0 Å². The summed E-state index contributed by atoms with van der Waals surface area (Å²) in [5, 5.41) is 5.25. The van der Waals surface area contributed by atoms with Crippen LogP contribution >= 0.6 is 11.6 Å². The van der Waals surface area contributed by atoms with Crippen LogP contribution in [0.15, 0.2) is 29.4 Å². The second kappa shape index (κ2) is 5.45. The topological polar surface area (TPSA) is 43.6 Å². The zero-order chi connectivity index (χ0) is 14.0. The number of para-hydroxylation sites is 1. The third-order valence-corrected chi connectivity index (χ3v) is 3.33. The molecule has 0 aliphatic rings. The predicted molar refractivity (Wildman–Crippen MR) is 76.5 cm³/mol. The molecule has 2 rings (SSSR count). The van der Waals surface area contributed by atoms with Gasteiger partial charge in [0.05, 0.1) is 12.1 Å². The van der Waals surface area contributed by atoms with Gasteiger partial charge in [0.2, 0.25) is 0 Å². The Morgan fingerprint density at radius 2 is 2.11 bits per heavy atom. The predicted octanol–water partition coefficient (Wildman–Crippen LogP) is 3.36. The molecule has 1 aromatic carbocycles. The lowest BCUT2D eigenvalue weighted by Crippen LogP contribution is -2.08. The number of hydrogen-bond acceptors (Lipinski definition) is 3. The molecule has 1 heterocycles. The number of halogens is 1. The lowest BCUT2D eigenvalue weighted by molar-refractivity contribution is -0.147. The SMILES string of the molecule is CC(C)C(=O)O/N=C\c1c(Cl)n(C)c2ccccc12. The Hall–Kier alpha value is -1.81. The van der Waals surface area contributed by atoms with Gasteiger partial charge in [-0.1, -0.05) is 48.8 Å². The maximum absolute atomic E-state index is 11.3. The van der Waals surface area contributed by atoms with Gasteiger partial charge >= 0.3 is 5.97 Å². The smallest absolute Gasteiger partial charge is 0.334 e. The zero-order valence-electron chi connectivity index (χ0n) is 11.1. The maximum Gasteiger partial charge on any atom is 0.337 e. The molecule has 0 spiro atoms. The molecule has 5 heteroatoms. The molecule has 100 valence electrons. The molecule has 0 saturated heterocycles. The molecule has 0 unspecified atom stereocenters. The standard InChI is InChI=1S/C14H15ClN2O2/c1-9(2)14(18)19-16-8-11-10-6-4-5-7-12(10)17(3)13(11)15/h4-9H,1-3H3/b16-8-. The first kappa shape index (κ1) is 13.6. The van der Waals surface area contributed by atoms with Crippen molar-refractivity contribution in [3.63, 3.8) is 0 Å². The summed E-state index contributed by atoms with van der Waals surface area (Å²) in [6, 6.07) is 7.79. The van der Waals surface area contributed by atoms with Crippen molar-refractivity contribution in [2.45, 2.75) is 13.8 Å². The maximum atomic E-state index is 11.3. The highest BCUT2D eigenvalue weighted by Crippen LogP contribution is 2.27. The number of aromatic nitrogens is 1. The van der Waals surface area contributed by atoms with Crippen LogP contribution in [0.3, 0.4) is 0 Å². The minimum Gasteiger partial charge on any atom is -0.334 e. The quantitative estimate of drug-likeness (QED) is 0.491. The fourth-order valence-electron chi connectivity index (χ4n) is 1.75. The number of fused-ring (bicyclic) bond motifs is 1. The van der Waals surface area contributed by atoms with Crippen LogP contribution in [0.4, 0.5) is 0 Å². The fourth-order valence-corrected chi connectivity index (χ4v) is 1.99. The summed E-state index contributed by atoms with van der Waals surface area (Å²) in [6.45, 7) is 3.51. The van der Waals surface area contributed by atoms with Crippen LogP contribution in [0.5, 0.6) is 0 Å². The number of rotatable bonds is 3. The number of carbonyl (C=O) groups excluding carboxylic acids is 1. The van der Waals surface area contributed by atoms with Crippen LogP contribution in [0.2, 0.25) is 5.15 Å². The average molecular weight is 279 g/mol. The van der Waals surface area contributed by atoms with E-state index in [2.05, 4.69) is 5.16 Å². The van der Waals surface area contributed by atoms with Gasteiger partial charge < -0.3 is 9.40 Å². The van der Waals surface area contributed by atoms with Gasteiger partial charge in [0.1, 0.15) is 5.15 Å². The molecule has 0 atom stereocenters. The van der Waals surface area contributed by atoms with Crippen molar-refractivity contribution in [1.82, 2.24) is 4.57 Å². The largest absolute Gasteiger partial charge is 0.337 e. The van der Waals surface area contributed by atoms with Crippen LogP contribution in [0.25, 0.3) is 10.9 Å². The Balaban J connectivity index is 2.33. The van der Waals surface area contributed by atoms with E-state index in [4.69, 9.17) is 16.4 Å². The van der Waals surface area contributed by atoms with Gasteiger partial charge in [0.15, 0.2) is 0 Å². The van der Waals surface area contributed by atoms with Crippen LogP contribution in [0, 0.1) is 5.92 Å². The number of aryl methyl sites for hydroxylation is 1. The molecule has 0 aliphatic carbocycles. The van der Waals surface area contributed by atoms with E-state index in [0.29, 0.717) is 5.15 Å². The summed E-state index contributed by atoms with van der Waals surface area (Å²) in [7, 11) is 1.88. The minimum atomic E-state index is -0.368. The van der Waals surface area contributed by atoms with Crippen molar-refractivity contribution in [3.05, 3.63) is 35.0 Å². The highest BCUT2D eigenvalue weighted by molar-refractivity contribution is 6.34. The van der Waals surface area contributed by atoms with E-state index in [-0.39, 0.29) is 11.9 Å². The van der Waals surface area contributed by atoms with Gasteiger partial charge in [0, 0.05) is 23.5 Å². The van der Waals surface area contributed by atoms with Crippen LogP contribution in [-0.2, 0) is 16.7 Å². The van der Waals surface area contributed by atoms with Gasteiger partial charge in [-0.25, -0.2) is 4.79 Å². The Kier molecular flexibility index (Phi) is 3.90. The van der Waals surface area contributed by atoms with Crippen molar-refractivity contribution in [3.8, 4) is 0 Å². The number of oxime groups is 1. The minimum absolute atomic E-state index is 0.208. The van der Waals surface area contributed by atoms with Crippen molar-refractivity contribution in [2.75, 3.05) is 0 Å². The number of carbonyl (C=O) groups is 1. The Morgan fingerprint density at radius 1 is 1.42 bits per heavy atom. The molecule has 1 aromatic heterocycles. The molecular formula is C14H15ClN2O2. The summed E-state index contributed by atoms with van der Waals surface area (Å²) < 4.78 is 1.86. The van der Waals surface area contributed by atoms with E-state index in [0.717, 1.165) is 16.5 Å². The number of benzene rings is 1. The first-order valence-corrected chi connectivity index (χ1v) is 6.37. The van der Waals surface area contributed by atoms with E-state index >= 15 is 0 Å². The molecule has 0 N–H and O–H groups in total. The van der Waals surface area contributed by atoms with E-state index in [1.807, 2.05) is 35.9 Å². The molecule has 0 radical (unpaired) electrons. The Morgan fingerprint density at radius 3 is 2.79 bits per heavy atom. The lowest BCUT2D eigenvalue weighted by Gasteiger charge is -1.99. The van der Waals surface area contributed by atoms with Crippen LogP contribution in [0.1, 0.15) is 19.4 Å². The van der Waals surface area contributed by atoms with Crippen molar-refractivity contribution in [1.29, 1.82) is 0 Å². The van der Waals surface area contributed by atoms with Crippen molar-refractivity contribution in [2.24, 2.45) is 18.1 Å². The summed E-state index contributed by atoms with van der Waals surface area (Å²) in [5.41, 5.74) is 1.75. The highest BCUT2D eigenvalue weighted by atomic mass is 35.5. The van der Waals surface area contributed by atoms with Gasteiger partial charge in [-0.2, -0.15) is 0 Å². The van der Waals surface area contributed by atoms with Gasteiger partial charge in [-0.15, -0.1) is 0 Å². The summed E-state index contributed by atoms with van der Waals surface area (Å²) in [5.74, 6) is -0.576. The lowest BCUT2D eigenvalue weighted by atomic mass is 10.2. The van der Waals surface area contributed by atoms with Crippen LogP contribution < -0.4 is 0 Å². The van der Waals surface area contributed by atoms with Crippen LogP contribution in [-0.4, -0.2) is 16.8 Å². The molecule has 0 amide bonds. The summed E-state index contributed by atoms with van der Waals surface area (Å²) in [4.78, 5) is 16.1. The van der Waals surface area contributed by atoms with E-state index in [1.165, 1.54) is 6.21 Å². The molecule has 19 heavy (non-hydrogen) atoms. The average Bonchev–Trinajstić information content (AvgIpc) is 2.64. The molecule has 0 saturated carbocycles. The first-order valence-electron chi connectivity index (χ1n) is 5.99. The Labute approximate surface area is 116 Å². The zero-order valence-corrected chi connectivity index (χ0v) is 11.8. The second-order valence-electron chi connectivity index (χ2n) is 4.58. The van der Waals surface area contributed by atoms with Crippen molar-refractivity contribution >= 4 is 34.7 Å². The molecule has 0 fully saturated rings. The van der Waals surface area contributed by atoms with E-state index in [9.17, 15) is 4.79 Å². The fraction of sp³-hybridized carbons (Fsp3) is 0.286. The molecule has 4 nitrogen and oxygen atoms in total. The van der Waals surface area contributed by atoms with Gasteiger partial charge in [0.25, 0.3) is 0 Å². The molecule has 2 aromatic rings. The highest BCUT2D eigenvalue weighted by Gasteiger charge is 2.12. The monoisotopic (exact) mass is 278 g/mol. The number of nitrogens with zero attached hydrogens (tertiary/aromatic N) is 2. The normalized spacial score (nSPS) is 11.6. The van der Waals surface area contributed by atoms with E-state index in [1.54, 1.807) is 13.8 Å². The van der Waals surface area contributed by atoms with Gasteiger partial charge in [-0.3, -0.25) is 0 Å². The molecule has 0 aliphatic heterocycles. The second-order valence-corrected chi connectivity index (χ2v) is 4.94. The third kappa shape index (κ3) is 2.63. The molecular weight excluding hydrogens is 264 g/mol. The third-order valence-electron chi connectivity index (χ3n) is 2.87. The number of hydrogen-bond donors (Lipinski definition) is 0. The first-order chi connectivity index (χ1) is 9.02. The Bertz CT molecular complexity index is 644. The van der Waals surface area contributed by atoms with Gasteiger partial charge in [-0.05, 0) is 6.07 Å².